The van der Waals surface area contributed by atoms with Crippen LogP contribution in [-0.2, 0) is 24.4 Å². The van der Waals surface area contributed by atoms with Crippen molar-refractivity contribution in [1.82, 2.24) is 24.4 Å². The van der Waals surface area contributed by atoms with Crippen LogP contribution in [0.4, 0.5) is 0 Å². The fraction of sp³-hybridized carbons (Fsp3) is 0.316. The predicted molar refractivity (Wildman–Crippen MR) is 99.7 cm³/mol. The van der Waals surface area contributed by atoms with Gasteiger partial charge in [0.15, 0.2) is 5.65 Å². The van der Waals surface area contributed by atoms with Gasteiger partial charge in [0.1, 0.15) is 6.54 Å². The van der Waals surface area contributed by atoms with Gasteiger partial charge in [-0.2, -0.15) is 0 Å². The van der Waals surface area contributed by atoms with Gasteiger partial charge in [0.25, 0.3) is 0 Å². The molecule has 0 spiro atoms. The second kappa shape index (κ2) is 7.97. The first-order valence-corrected chi connectivity index (χ1v) is 8.64. The van der Waals surface area contributed by atoms with Crippen LogP contribution >= 0.6 is 0 Å². The zero-order valence-electron chi connectivity index (χ0n) is 15.1. The molecule has 0 saturated carbocycles. The number of carbonyl (C=O) groups is 1. The number of nitrogens with zero attached hydrogens (tertiary/aromatic N) is 4. The first-order chi connectivity index (χ1) is 12.6. The Bertz CT molecular complexity index is 960. The minimum atomic E-state index is -0.319. The predicted octanol–water partition coefficient (Wildman–Crippen LogP) is 1.26. The molecule has 1 aromatic carbocycles. The number of benzene rings is 1. The summed E-state index contributed by atoms with van der Waals surface area (Å²) in [4.78, 5) is 26.6. The van der Waals surface area contributed by atoms with E-state index >= 15 is 0 Å². The second-order valence-electron chi connectivity index (χ2n) is 6.30. The number of fused-ring (bicyclic) bond motifs is 1. The molecule has 0 aliphatic heterocycles. The molecule has 7 nitrogen and oxygen atoms in total. The Hall–Kier alpha value is -2.93. The lowest BCUT2D eigenvalue weighted by Gasteiger charge is -2.14. The molecule has 2 heterocycles. The smallest absolute Gasteiger partial charge is 0.350 e. The summed E-state index contributed by atoms with van der Waals surface area (Å²) in [6.07, 6.45) is 1.64. The molecule has 2 aromatic heterocycles. The average molecular weight is 353 g/mol. The molecule has 136 valence electrons. The van der Waals surface area contributed by atoms with Crippen molar-refractivity contribution in [2.45, 2.75) is 26.6 Å². The summed E-state index contributed by atoms with van der Waals surface area (Å²) in [5.41, 5.74) is 2.44. The summed E-state index contributed by atoms with van der Waals surface area (Å²) >= 11 is 0. The lowest BCUT2D eigenvalue weighted by Crippen LogP contribution is -2.32. The summed E-state index contributed by atoms with van der Waals surface area (Å²) in [6.45, 7) is 4.29. The topological polar surface area (TPSA) is 71.6 Å². The van der Waals surface area contributed by atoms with Gasteiger partial charge < -0.3 is 10.2 Å². The Labute approximate surface area is 151 Å². The number of amides is 1. The second-order valence-corrected chi connectivity index (χ2v) is 6.30. The monoisotopic (exact) mass is 353 g/mol. The summed E-state index contributed by atoms with van der Waals surface area (Å²) in [5, 5.41) is 7.02. The van der Waals surface area contributed by atoms with Crippen LogP contribution in [0.15, 0.2) is 53.5 Å². The van der Waals surface area contributed by atoms with Gasteiger partial charge >= 0.3 is 5.69 Å². The molecule has 0 unspecified atom stereocenters. The highest BCUT2D eigenvalue weighted by Gasteiger charge is 2.10. The number of nitrogens with one attached hydrogen (secondary N) is 1. The Kier molecular flexibility index (Phi) is 5.48. The van der Waals surface area contributed by atoms with E-state index < -0.39 is 0 Å². The fourth-order valence-corrected chi connectivity index (χ4v) is 2.73. The van der Waals surface area contributed by atoms with E-state index in [0.29, 0.717) is 12.2 Å². The number of rotatable bonds is 7. The van der Waals surface area contributed by atoms with Gasteiger partial charge in [0.2, 0.25) is 5.91 Å². The lowest BCUT2D eigenvalue weighted by molar-refractivity contribution is -0.122. The van der Waals surface area contributed by atoms with E-state index in [1.807, 2.05) is 12.1 Å². The highest BCUT2D eigenvalue weighted by atomic mass is 16.2. The number of carbonyl (C=O) groups excluding carboxylic acids is 1. The third kappa shape index (κ3) is 4.18. The zero-order chi connectivity index (χ0) is 18.5. The molecule has 0 bridgehead atoms. The molecule has 0 aliphatic carbocycles. The van der Waals surface area contributed by atoms with Crippen molar-refractivity contribution in [3.8, 4) is 0 Å². The van der Waals surface area contributed by atoms with Gasteiger partial charge in [-0.3, -0.25) is 9.20 Å². The van der Waals surface area contributed by atoms with Crippen LogP contribution in [0.25, 0.3) is 5.65 Å². The maximum Gasteiger partial charge on any atom is 0.350 e. The van der Waals surface area contributed by atoms with Crippen molar-refractivity contribution in [2.75, 3.05) is 13.6 Å². The van der Waals surface area contributed by atoms with Gasteiger partial charge in [0, 0.05) is 19.3 Å². The largest absolute Gasteiger partial charge is 0.350 e. The first kappa shape index (κ1) is 17.9. The first-order valence-electron chi connectivity index (χ1n) is 8.64. The van der Waals surface area contributed by atoms with Crippen LogP contribution in [0, 0.1) is 0 Å². The van der Waals surface area contributed by atoms with E-state index in [9.17, 15) is 9.59 Å². The highest BCUT2D eigenvalue weighted by molar-refractivity contribution is 5.75. The molecule has 3 aromatic rings. The SMILES string of the molecule is CCN(C)Cc1cccc(CNC(=O)Cn2nc3ccccn3c2=O)c1. The van der Waals surface area contributed by atoms with Crippen molar-refractivity contribution in [1.29, 1.82) is 0 Å². The lowest BCUT2D eigenvalue weighted by atomic mass is 10.1. The summed E-state index contributed by atoms with van der Waals surface area (Å²) < 4.78 is 2.60. The van der Waals surface area contributed by atoms with Gasteiger partial charge in [-0.15, -0.1) is 5.10 Å². The Morgan fingerprint density at radius 3 is 2.77 bits per heavy atom. The van der Waals surface area contributed by atoms with E-state index in [1.165, 1.54) is 14.6 Å². The number of pyridine rings is 1. The van der Waals surface area contributed by atoms with E-state index in [-0.39, 0.29) is 18.1 Å². The minimum absolute atomic E-state index is 0.0984. The minimum Gasteiger partial charge on any atom is -0.350 e. The molecular formula is C19H23N5O2. The van der Waals surface area contributed by atoms with Gasteiger partial charge in [-0.05, 0) is 36.9 Å². The van der Waals surface area contributed by atoms with E-state index in [1.54, 1.807) is 24.4 Å². The summed E-state index contributed by atoms with van der Waals surface area (Å²) in [7, 11) is 2.07. The molecule has 0 atom stereocenters. The molecule has 3 rings (SSSR count). The number of aromatic nitrogens is 3. The van der Waals surface area contributed by atoms with Crippen molar-refractivity contribution in [2.24, 2.45) is 0 Å². The molecule has 26 heavy (non-hydrogen) atoms. The van der Waals surface area contributed by atoms with Crippen LogP contribution in [0.5, 0.6) is 0 Å². The van der Waals surface area contributed by atoms with Gasteiger partial charge in [0.05, 0.1) is 0 Å². The zero-order valence-corrected chi connectivity index (χ0v) is 15.1. The van der Waals surface area contributed by atoms with Crippen LogP contribution < -0.4 is 11.0 Å². The number of hydrogen-bond acceptors (Lipinski definition) is 4. The maximum absolute atomic E-state index is 12.2. The normalized spacial score (nSPS) is 11.2. The van der Waals surface area contributed by atoms with Crippen LogP contribution in [0.1, 0.15) is 18.1 Å². The average Bonchev–Trinajstić information content (AvgIpc) is 2.96. The molecule has 0 aliphatic rings. The van der Waals surface area contributed by atoms with Crippen molar-refractivity contribution in [3.63, 3.8) is 0 Å². The maximum atomic E-state index is 12.2. The summed E-state index contributed by atoms with van der Waals surface area (Å²) in [6, 6.07) is 13.4. The van der Waals surface area contributed by atoms with Crippen LogP contribution in [0.3, 0.4) is 0 Å². The third-order valence-corrected chi connectivity index (χ3v) is 4.26. The molecule has 1 N–H and O–H groups in total. The summed E-state index contributed by atoms with van der Waals surface area (Å²) in [5.74, 6) is -0.244. The van der Waals surface area contributed by atoms with E-state index in [2.05, 4.69) is 41.4 Å². The standard InChI is InChI=1S/C19H23N5O2/c1-3-22(2)13-16-8-6-7-15(11-16)12-20-18(25)14-24-19(26)23-10-5-4-9-17(23)21-24/h4-11H,3,12-14H2,1-2H3,(H,20,25). The van der Waals surface area contributed by atoms with Crippen LogP contribution in [0.2, 0.25) is 0 Å². The number of hydrogen-bond donors (Lipinski definition) is 1. The molecule has 0 radical (unpaired) electrons. The Balaban J connectivity index is 1.61. The van der Waals surface area contributed by atoms with Gasteiger partial charge in [-0.25, -0.2) is 9.48 Å². The van der Waals surface area contributed by atoms with Crippen molar-refractivity contribution < 1.29 is 4.79 Å². The Morgan fingerprint density at radius 1 is 1.19 bits per heavy atom. The molecule has 0 fully saturated rings. The molecule has 0 saturated heterocycles. The fourth-order valence-electron chi connectivity index (χ4n) is 2.73. The van der Waals surface area contributed by atoms with E-state index in [4.69, 9.17) is 0 Å². The molecule has 1 amide bonds. The molecule has 7 heteroatoms. The Morgan fingerprint density at radius 2 is 2.00 bits per heavy atom. The van der Waals surface area contributed by atoms with Crippen molar-refractivity contribution >= 4 is 11.6 Å². The quantitative estimate of drug-likeness (QED) is 0.694. The van der Waals surface area contributed by atoms with E-state index in [0.717, 1.165) is 18.7 Å². The third-order valence-electron chi connectivity index (χ3n) is 4.26. The van der Waals surface area contributed by atoms with Gasteiger partial charge in [-0.1, -0.05) is 37.3 Å². The highest BCUT2D eigenvalue weighted by Crippen LogP contribution is 2.07. The van der Waals surface area contributed by atoms with Crippen LogP contribution in [-0.4, -0.2) is 38.6 Å². The van der Waals surface area contributed by atoms with Crippen molar-refractivity contribution in [3.05, 3.63) is 70.3 Å². The molecular weight excluding hydrogens is 330 g/mol.